The summed E-state index contributed by atoms with van der Waals surface area (Å²) in [6, 6.07) is 14.0. The number of aryl methyl sites for hydroxylation is 1. The SMILES string of the molecule is CC[C@@H](Oc1cccc(OC)c1)C(=O)N1CCN(S(=O)(=O)c2ccc(C)cc2)CC1. The first-order valence-electron chi connectivity index (χ1n) is 10.0. The van der Waals surface area contributed by atoms with Crippen LogP contribution in [0.5, 0.6) is 11.5 Å². The van der Waals surface area contributed by atoms with E-state index in [-0.39, 0.29) is 23.9 Å². The second-order valence-corrected chi connectivity index (χ2v) is 9.17. The second-order valence-electron chi connectivity index (χ2n) is 7.24. The lowest BCUT2D eigenvalue weighted by Gasteiger charge is -2.35. The van der Waals surface area contributed by atoms with Gasteiger partial charge < -0.3 is 14.4 Å². The molecule has 1 aliphatic heterocycles. The summed E-state index contributed by atoms with van der Waals surface area (Å²) in [6.07, 6.45) is -0.116. The lowest BCUT2D eigenvalue weighted by Crippen LogP contribution is -2.53. The quantitative estimate of drug-likeness (QED) is 0.672. The first-order chi connectivity index (χ1) is 14.3. The molecular formula is C22H28N2O5S. The van der Waals surface area contributed by atoms with Gasteiger partial charge in [-0.2, -0.15) is 4.31 Å². The largest absolute Gasteiger partial charge is 0.497 e. The van der Waals surface area contributed by atoms with Gasteiger partial charge in [0.05, 0.1) is 12.0 Å². The van der Waals surface area contributed by atoms with E-state index < -0.39 is 16.1 Å². The molecule has 1 amide bonds. The first-order valence-corrected chi connectivity index (χ1v) is 11.5. The highest BCUT2D eigenvalue weighted by molar-refractivity contribution is 7.89. The van der Waals surface area contributed by atoms with Crippen molar-refractivity contribution in [2.24, 2.45) is 0 Å². The molecular weight excluding hydrogens is 404 g/mol. The van der Waals surface area contributed by atoms with E-state index in [2.05, 4.69) is 0 Å². The second kappa shape index (κ2) is 9.49. The summed E-state index contributed by atoms with van der Waals surface area (Å²) in [6.45, 7) is 5.00. The lowest BCUT2D eigenvalue weighted by molar-refractivity contribution is -0.140. The predicted molar refractivity (Wildman–Crippen MR) is 114 cm³/mol. The van der Waals surface area contributed by atoms with Crippen molar-refractivity contribution in [3.8, 4) is 11.5 Å². The van der Waals surface area contributed by atoms with Gasteiger partial charge in [-0.15, -0.1) is 0 Å². The fourth-order valence-corrected chi connectivity index (χ4v) is 4.78. The van der Waals surface area contributed by atoms with Gasteiger partial charge in [-0.3, -0.25) is 4.79 Å². The molecule has 2 aromatic carbocycles. The summed E-state index contributed by atoms with van der Waals surface area (Å²) in [4.78, 5) is 14.9. The minimum Gasteiger partial charge on any atom is -0.497 e. The monoisotopic (exact) mass is 432 g/mol. The Hall–Kier alpha value is -2.58. The van der Waals surface area contributed by atoms with Crippen molar-refractivity contribution in [2.45, 2.75) is 31.3 Å². The normalized spacial score (nSPS) is 16.2. The van der Waals surface area contributed by atoms with Gasteiger partial charge in [-0.25, -0.2) is 8.42 Å². The molecule has 0 N–H and O–H groups in total. The molecule has 0 bridgehead atoms. The number of hydrogen-bond acceptors (Lipinski definition) is 5. The third-order valence-electron chi connectivity index (χ3n) is 5.17. The van der Waals surface area contributed by atoms with Gasteiger partial charge in [0.15, 0.2) is 6.10 Å². The number of piperazine rings is 1. The van der Waals surface area contributed by atoms with Gasteiger partial charge in [0, 0.05) is 32.2 Å². The molecule has 0 saturated carbocycles. The van der Waals surface area contributed by atoms with Crippen LogP contribution in [0.1, 0.15) is 18.9 Å². The number of carbonyl (C=O) groups is 1. The number of carbonyl (C=O) groups excluding carboxylic acids is 1. The Balaban J connectivity index is 1.62. The van der Waals surface area contributed by atoms with Crippen LogP contribution in [0.4, 0.5) is 0 Å². The molecule has 0 spiro atoms. The van der Waals surface area contributed by atoms with Gasteiger partial charge in [-0.05, 0) is 37.6 Å². The van der Waals surface area contributed by atoms with Crippen LogP contribution >= 0.6 is 0 Å². The van der Waals surface area contributed by atoms with Crippen molar-refractivity contribution in [1.82, 2.24) is 9.21 Å². The molecule has 3 rings (SSSR count). The van der Waals surface area contributed by atoms with Crippen LogP contribution in [0.25, 0.3) is 0 Å². The number of methoxy groups -OCH3 is 1. The summed E-state index contributed by atoms with van der Waals surface area (Å²) in [5.41, 5.74) is 1.01. The van der Waals surface area contributed by atoms with Crippen molar-refractivity contribution >= 4 is 15.9 Å². The molecule has 1 aliphatic rings. The molecule has 1 fully saturated rings. The van der Waals surface area contributed by atoms with Crippen molar-refractivity contribution in [3.05, 3.63) is 54.1 Å². The molecule has 2 aromatic rings. The van der Waals surface area contributed by atoms with Gasteiger partial charge in [0.25, 0.3) is 5.91 Å². The van der Waals surface area contributed by atoms with Gasteiger partial charge in [-0.1, -0.05) is 30.7 Å². The highest BCUT2D eigenvalue weighted by Crippen LogP contribution is 2.22. The molecule has 1 atom stereocenters. The molecule has 0 radical (unpaired) electrons. The van der Waals surface area contributed by atoms with E-state index in [1.165, 1.54) is 4.31 Å². The number of benzene rings is 2. The highest BCUT2D eigenvalue weighted by atomic mass is 32.2. The molecule has 8 heteroatoms. The highest BCUT2D eigenvalue weighted by Gasteiger charge is 2.32. The van der Waals surface area contributed by atoms with Crippen molar-refractivity contribution < 1.29 is 22.7 Å². The van der Waals surface area contributed by atoms with E-state index in [1.807, 2.05) is 19.9 Å². The maximum atomic E-state index is 13.0. The fourth-order valence-electron chi connectivity index (χ4n) is 3.36. The number of nitrogens with zero attached hydrogens (tertiary/aromatic N) is 2. The number of rotatable bonds is 7. The van der Waals surface area contributed by atoms with Crippen LogP contribution in [0.3, 0.4) is 0 Å². The maximum absolute atomic E-state index is 13.0. The van der Waals surface area contributed by atoms with Crippen molar-refractivity contribution in [2.75, 3.05) is 33.3 Å². The van der Waals surface area contributed by atoms with Crippen molar-refractivity contribution in [1.29, 1.82) is 0 Å². The summed E-state index contributed by atoms with van der Waals surface area (Å²) >= 11 is 0. The van der Waals surface area contributed by atoms with Crippen LogP contribution in [0.2, 0.25) is 0 Å². The van der Waals surface area contributed by atoms with Gasteiger partial charge in [0.2, 0.25) is 10.0 Å². The molecule has 30 heavy (non-hydrogen) atoms. The topological polar surface area (TPSA) is 76.2 Å². The molecule has 1 saturated heterocycles. The van der Waals surface area contributed by atoms with E-state index >= 15 is 0 Å². The van der Waals surface area contributed by atoms with Crippen LogP contribution in [-0.2, 0) is 14.8 Å². The zero-order valence-corrected chi connectivity index (χ0v) is 18.4. The summed E-state index contributed by atoms with van der Waals surface area (Å²) < 4.78 is 38.2. The van der Waals surface area contributed by atoms with Crippen LogP contribution in [0, 0.1) is 6.92 Å². The standard InChI is InChI=1S/C22H28N2O5S/c1-4-21(29-19-7-5-6-18(16-19)28-3)22(25)23-12-14-24(15-13-23)30(26,27)20-10-8-17(2)9-11-20/h5-11,16,21H,4,12-15H2,1-3H3/t21-/m1/s1. The van der Waals surface area contributed by atoms with E-state index in [1.54, 1.807) is 54.5 Å². The Bertz CT molecular complexity index is 967. The summed E-state index contributed by atoms with van der Waals surface area (Å²) in [5, 5.41) is 0. The van der Waals surface area contributed by atoms with E-state index in [9.17, 15) is 13.2 Å². The van der Waals surface area contributed by atoms with E-state index in [0.29, 0.717) is 31.0 Å². The number of ether oxygens (including phenoxy) is 2. The lowest BCUT2D eigenvalue weighted by atomic mass is 10.2. The van der Waals surface area contributed by atoms with Crippen LogP contribution in [0.15, 0.2) is 53.4 Å². The Morgan fingerprint density at radius 3 is 2.27 bits per heavy atom. The zero-order chi connectivity index (χ0) is 21.7. The molecule has 0 unspecified atom stereocenters. The zero-order valence-electron chi connectivity index (χ0n) is 17.6. The van der Waals surface area contributed by atoms with Crippen molar-refractivity contribution in [3.63, 3.8) is 0 Å². The van der Waals surface area contributed by atoms with E-state index in [0.717, 1.165) is 5.56 Å². The minimum absolute atomic E-state index is 0.132. The van der Waals surface area contributed by atoms with Gasteiger partial charge in [0.1, 0.15) is 11.5 Å². The molecule has 1 heterocycles. The summed E-state index contributed by atoms with van der Waals surface area (Å²) in [5.74, 6) is 1.09. The Labute approximate surface area is 178 Å². The Kier molecular flexibility index (Phi) is 6.99. The number of sulfonamides is 1. The van der Waals surface area contributed by atoms with Crippen LogP contribution < -0.4 is 9.47 Å². The molecule has 0 aliphatic carbocycles. The third kappa shape index (κ3) is 4.94. The predicted octanol–water partition coefficient (Wildman–Crippen LogP) is 2.69. The number of amides is 1. The third-order valence-corrected chi connectivity index (χ3v) is 7.09. The molecule has 0 aromatic heterocycles. The van der Waals surface area contributed by atoms with Gasteiger partial charge >= 0.3 is 0 Å². The average Bonchev–Trinajstić information content (AvgIpc) is 2.77. The Morgan fingerprint density at radius 1 is 1.03 bits per heavy atom. The van der Waals surface area contributed by atoms with E-state index in [4.69, 9.17) is 9.47 Å². The minimum atomic E-state index is -3.56. The maximum Gasteiger partial charge on any atom is 0.263 e. The fraction of sp³-hybridized carbons (Fsp3) is 0.409. The Morgan fingerprint density at radius 2 is 1.67 bits per heavy atom. The smallest absolute Gasteiger partial charge is 0.263 e. The average molecular weight is 433 g/mol. The molecule has 7 nitrogen and oxygen atoms in total. The number of hydrogen-bond donors (Lipinski definition) is 0. The summed E-state index contributed by atoms with van der Waals surface area (Å²) in [7, 11) is -1.98. The first kappa shape index (κ1) is 22.1. The molecule has 162 valence electrons. The van der Waals surface area contributed by atoms with Crippen LogP contribution in [-0.4, -0.2) is 62.9 Å².